The van der Waals surface area contributed by atoms with Crippen molar-refractivity contribution in [3.8, 4) is 17.7 Å². The van der Waals surface area contributed by atoms with Crippen molar-refractivity contribution in [2.75, 3.05) is 57.3 Å². The number of pyridine rings is 1. The van der Waals surface area contributed by atoms with E-state index in [1.165, 1.54) is 60.7 Å². The number of nitrogens with one attached hydrogen (secondary N) is 1. The van der Waals surface area contributed by atoms with Crippen molar-refractivity contribution in [3.63, 3.8) is 0 Å². The number of anilines is 1. The highest BCUT2D eigenvalue weighted by atomic mass is 32.2. The molecule has 47 heavy (non-hydrogen) atoms. The molecule has 1 unspecified atom stereocenters. The van der Waals surface area contributed by atoms with Gasteiger partial charge in [-0.1, -0.05) is 12.1 Å². The van der Waals surface area contributed by atoms with Crippen LogP contribution in [0, 0.1) is 11.3 Å². The molecule has 3 aromatic rings. The number of nitrogens with zero attached hydrogens (tertiary/aromatic N) is 5. The van der Waals surface area contributed by atoms with E-state index in [2.05, 4.69) is 15.2 Å². The Kier molecular flexibility index (Phi) is 9.05. The van der Waals surface area contributed by atoms with Crippen LogP contribution in [0.2, 0.25) is 0 Å². The van der Waals surface area contributed by atoms with Crippen LogP contribution in [0.25, 0.3) is 0 Å². The number of rotatable bonds is 8. The molecule has 1 N–H and O–H groups in total. The summed E-state index contributed by atoms with van der Waals surface area (Å²) < 4.78 is 46.9. The average Bonchev–Trinajstić information content (AvgIpc) is 3.36. The number of nitriles is 1. The molecule has 0 aliphatic carbocycles. The number of hydrogen-bond acceptors (Lipinski definition) is 11. The monoisotopic (exact) mass is 660 g/mol. The smallest absolute Gasteiger partial charge is 0.411 e. The first-order chi connectivity index (χ1) is 22.8. The summed E-state index contributed by atoms with van der Waals surface area (Å²) in [5.41, 5.74) is -2.28. The summed E-state index contributed by atoms with van der Waals surface area (Å²) in [6.45, 7) is 5.75. The van der Waals surface area contributed by atoms with Crippen LogP contribution in [0.1, 0.15) is 36.5 Å². The van der Waals surface area contributed by atoms with Gasteiger partial charge in [0.25, 0.3) is 21.5 Å². The molecule has 13 nitrogen and oxygen atoms in total. The molecule has 246 valence electrons. The van der Waals surface area contributed by atoms with Gasteiger partial charge < -0.3 is 24.4 Å². The topological polar surface area (TPSA) is 154 Å². The van der Waals surface area contributed by atoms with E-state index in [0.717, 1.165) is 25.9 Å². The number of ether oxygens (including phenoxy) is 3. The lowest BCUT2D eigenvalue weighted by Gasteiger charge is -2.41. The van der Waals surface area contributed by atoms with Crippen LogP contribution in [0.5, 0.6) is 11.6 Å². The predicted octanol–water partition coefficient (Wildman–Crippen LogP) is 2.85. The van der Waals surface area contributed by atoms with Crippen LogP contribution in [0.15, 0.2) is 65.7 Å². The van der Waals surface area contributed by atoms with Crippen molar-refractivity contribution in [1.29, 1.82) is 5.26 Å². The molecule has 1 aromatic heterocycles. The number of amides is 2. The van der Waals surface area contributed by atoms with Gasteiger partial charge in [0.15, 0.2) is 0 Å². The number of sulfonamides is 1. The molecule has 2 amide bonds. The van der Waals surface area contributed by atoms with Crippen molar-refractivity contribution < 1.29 is 32.2 Å². The van der Waals surface area contributed by atoms with Gasteiger partial charge in [-0.3, -0.25) is 9.69 Å². The average molecular weight is 661 g/mol. The molecule has 14 heteroatoms. The standard InChI is InChI=1S/C33H36N6O7S/c1-3-45-30-25(7-6-14-36-30)33(46-32(41)38-19-17-37(18-20-38)24-12-15-35-16-13-24)26-21-23(22-34)10-11-27(26)39(31(33)40)47(42,43)29-9-5-4-8-28(29)44-2/h4-11,14,21,24,35H,3,12-13,15-20H2,1-2H3. The third-order valence-electron chi connectivity index (χ3n) is 8.87. The van der Waals surface area contributed by atoms with Crippen molar-refractivity contribution >= 4 is 27.7 Å². The maximum absolute atomic E-state index is 15.0. The number of hydrogen-bond donors (Lipinski definition) is 1. The maximum Gasteiger partial charge on any atom is 0.411 e. The number of carbonyl (C=O) groups excluding carboxylic acids is 2. The van der Waals surface area contributed by atoms with Crippen molar-refractivity contribution in [2.24, 2.45) is 0 Å². The van der Waals surface area contributed by atoms with Crippen LogP contribution in [-0.4, -0.2) is 94.2 Å². The molecule has 1 atom stereocenters. The van der Waals surface area contributed by atoms with Gasteiger partial charge in [0.1, 0.15) is 10.6 Å². The first-order valence-electron chi connectivity index (χ1n) is 15.5. The maximum atomic E-state index is 15.0. The molecule has 0 saturated carbocycles. The summed E-state index contributed by atoms with van der Waals surface area (Å²) in [6.07, 6.45) is 2.70. The lowest BCUT2D eigenvalue weighted by Crippen LogP contribution is -2.55. The van der Waals surface area contributed by atoms with E-state index in [9.17, 15) is 23.3 Å². The number of aromatic nitrogens is 1. The van der Waals surface area contributed by atoms with Crippen LogP contribution in [0.4, 0.5) is 10.5 Å². The van der Waals surface area contributed by atoms with Crippen molar-refractivity contribution in [3.05, 3.63) is 77.5 Å². The number of fused-ring (bicyclic) bond motifs is 1. The van der Waals surface area contributed by atoms with Gasteiger partial charge in [-0.2, -0.15) is 9.57 Å². The van der Waals surface area contributed by atoms with Gasteiger partial charge in [0, 0.05) is 44.0 Å². The SMILES string of the molecule is CCOc1ncccc1C1(OC(=O)N2CCN(C3CCNCC3)CC2)C(=O)N(S(=O)(=O)c2ccccc2OC)c2ccc(C#N)cc21. The Morgan fingerprint density at radius 2 is 1.81 bits per heavy atom. The number of carbonyl (C=O) groups is 2. The summed E-state index contributed by atoms with van der Waals surface area (Å²) in [5, 5.41) is 13.2. The molecule has 2 saturated heterocycles. The van der Waals surface area contributed by atoms with E-state index in [4.69, 9.17) is 14.2 Å². The molecule has 3 aliphatic rings. The second-order valence-electron chi connectivity index (χ2n) is 11.4. The van der Waals surface area contributed by atoms with E-state index in [-0.39, 0.29) is 45.5 Å². The summed E-state index contributed by atoms with van der Waals surface area (Å²) in [4.78, 5) is 37.0. The summed E-state index contributed by atoms with van der Waals surface area (Å²) >= 11 is 0. The zero-order valence-corrected chi connectivity index (χ0v) is 27.0. The van der Waals surface area contributed by atoms with Crippen LogP contribution >= 0.6 is 0 Å². The molecule has 6 rings (SSSR count). The molecule has 0 spiro atoms. The fraction of sp³-hybridized carbons (Fsp3) is 0.394. The van der Waals surface area contributed by atoms with Gasteiger partial charge in [-0.15, -0.1) is 0 Å². The molecule has 0 bridgehead atoms. The molecule has 0 radical (unpaired) electrons. The highest BCUT2D eigenvalue weighted by Crippen LogP contribution is 2.52. The first-order valence-corrected chi connectivity index (χ1v) is 17.0. The van der Waals surface area contributed by atoms with Gasteiger partial charge >= 0.3 is 6.09 Å². The van der Waals surface area contributed by atoms with E-state index < -0.39 is 27.6 Å². The highest BCUT2D eigenvalue weighted by molar-refractivity contribution is 7.93. The quantitative estimate of drug-likeness (QED) is 0.379. The summed E-state index contributed by atoms with van der Waals surface area (Å²) in [6, 6.07) is 15.6. The summed E-state index contributed by atoms with van der Waals surface area (Å²) in [5.74, 6) is -1.08. The minimum absolute atomic E-state index is 0.00401. The Bertz CT molecular complexity index is 1820. The second kappa shape index (κ2) is 13.2. The van der Waals surface area contributed by atoms with Crippen molar-refractivity contribution in [2.45, 2.75) is 36.3 Å². The summed E-state index contributed by atoms with van der Waals surface area (Å²) in [7, 11) is -3.32. The number of methoxy groups -OCH3 is 1. The minimum Gasteiger partial charge on any atom is -0.495 e. The number of benzene rings is 2. The zero-order valence-electron chi connectivity index (χ0n) is 26.2. The lowest BCUT2D eigenvalue weighted by molar-refractivity contribution is -0.132. The molecule has 2 aromatic carbocycles. The van der Waals surface area contributed by atoms with E-state index in [1.807, 2.05) is 6.07 Å². The third kappa shape index (κ3) is 5.64. The number of para-hydroxylation sites is 1. The Balaban J connectivity index is 1.47. The number of piperazine rings is 1. The largest absolute Gasteiger partial charge is 0.495 e. The molecule has 2 fully saturated rings. The Hall–Kier alpha value is -4.71. The van der Waals surface area contributed by atoms with E-state index in [1.54, 1.807) is 19.1 Å². The predicted molar refractivity (Wildman–Crippen MR) is 171 cm³/mol. The lowest BCUT2D eigenvalue weighted by atomic mass is 9.87. The molecule has 4 heterocycles. The normalized spacial score (nSPS) is 20.4. The second-order valence-corrected chi connectivity index (χ2v) is 13.2. The van der Waals surface area contributed by atoms with E-state index in [0.29, 0.717) is 36.5 Å². The van der Waals surface area contributed by atoms with Crippen LogP contribution in [-0.2, 0) is 25.2 Å². The fourth-order valence-electron chi connectivity index (χ4n) is 6.56. The fourth-order valence-corrected chi connectivity index (χ4v) is 8.18. The van der Waals surface area contributed by atoms with Gasteiger partial charge in [0.05, 0.1) is 36.6 Å². The first kappa shape index (κ1) is 32.2. The minimum atomic E-state index is -4.65. The highest BCUT2D eigenvalue weighted by Gasteiger charge is 2.61. The van der Waals surface area contributed by atoms with Gasteiger partial charge in [-0.25, -0.2) is 18.2 Å². The Labute approximate surface area is 273 Å². The van der Waals surface area contributed by atoms with Crippen molar-refractivity contribution in [1.82, 2.24) is 20.1 Å². The zero-order chi connectivity index (χ0) is 33.2. The molecule has 3 aliphatic heterocycles. The Morgan fingerprint density at radius 1 is 1.06 bits per heavy atom. The van der Waals surface area contributed by atoms with Crippen LogP contribution < -0.4 is 19.1 Å². The number of piperidine rings is 1. The molecular formula is C33H36N6O7S. The van der Waals surface area contributed by atoms with E-state index >= 15 is 0 Å². The Morgan fingerprint density at radius 3 is 2.51 bits per heavy atom. The third-order valence-corrected chi connectivity index (χ3v) is 10.6. The molecular weight excluding hydrogens is 624 g/mol. The van der Waals surface area contributed by atoms with Gasteiger partial charge in [-0.05, 0) is 75.3 Å². The van der Waals surface area contributed by atoms with Gasteiger partial charge in [0.2, 0.25) is 5.88 Å². The van der Waals surface area contributed by atoms with Crippen LogP contribution in [0.3, 0.4) is 0 Å².